The summed E-state index contributed by atoms with van der Waals surface area (Å²) in [6, 6.07) is 11.4. The Kier molecular flexibility index (Phi) is 8.62. The van der Waals surface area contributed by atoms with E-state index < -0.39 is 0 Å². The summed E-state index contributed by atoms with van der Waals surface area (Å²) < 4.78 is 18.9. The van der Waals surface area contributed by atoms with Crippen molar-refractivity contribution in [2.45, 2.75) is 12.1 Å². The highest BCUT2D eigenvalue weighted by Gasteiger charge is 2.23. The zero-order valence-corrected chi connectivity index (χ0v) is 18.8. The van der Waals surface area contributed by atoms with Crippen molar-refractivity contribution in [2.24, 2.45) is 4.99 Å². The normalized spacial score (nSPS) is 17.7. The third kappa shape index (κ3) is 6.25. The molecule has 0 amide bonds. The van der Waals surface area contributed by atoms with Crippen LogP contribution in [0.5, 0.6) is 0 Å². The number of rotatable bonds is 8. The summed E-state index contributed by atoms with van der Waals surface area (Å²) in [4.78, 5) is 10.3. The van der Waals surface area contributed by atoms with Gasteiger partial charge < -0.3 is 20.3 Å². The lowest BCUT2D eigenvalue weighted by atomic mass is 10.0. The lowest BCUT2D eigenvalue weighted by molar-refractivity contribution is 0.0170. The van der Waals surface area contributed by atoms with Crippen LogP contribution in [0.25, 0.3) is 0 Å². The minimum absolute atomic E-state index is 0.120. The zero-order chi connectivity index (χ0) is 21.3. The lowest BCUT2D eigenvalue weighted by Crippen LogP contribution is -2.47. The van der Waals surface area contributed by atoms with E-state index in [2.05, 4.69) is 57.0 Å². The van der Waals surface area contributed by atoms with Gasteiger partial charge in [0.05, 0.1) is 25.3 Å². The van der Waals surface area contributed by atoms with Crippen molar-refractivity contribution in [2.75, 3.05) is 60.5 Å². The Hall–Kier alpha value is -2.00. The molecular formula is C22H32FN5OS. The number of benzene rings is 1. The van der Waals surface area contributed by atoms with E-state index in [9.17, 15) is 4.39 Å². The largest absolute Gasteiger partial charge is 0.379 e. The Morgan fingerprint density at radius 1 is 1.17 bits per heavy atom. The molecular weight excluding hydrogens is 401 g/mol. The maximum atomic E-state index is 13.4. The van der Waals surface area contributed by atoms with E-state index in [-0.39, 0.29) is 17.9 Å². The molecule has 0 spiro atoms. The van der Waals surface area contributed by atoms with Crippen LogP contribution in [0.3, 0.4) is 0 Å². The molecule has 0 aliphatic carbocycles. The average Bonchev–Trinajstić information content (AvgIpc) is 3.28. The third-order valence-corrected chi connectivity index (χ3v) is 6.36. The zero-order valence-electron chi connectivity index (χ0n) is 18.0. The Morgan fingerprint density at radius 2 is 1.87 bits per heavy atom. The summed E-state index contributed by atoms with van der Waals surface area (Å²) >= 11 is 1.76. The molecule has 3 rings (SSSR count). The molecule has 164 valence electrons. The summed E-state index contributed by atoms with van der Waals surface area (Å²) in [7, 11) is 5.96. The van der Waals surface area contributed by atoms with E-state index in [4.69, 9.17) is 4.74 Å². The monoisotopic (exact) mass is 433 g/mol. The van der Waals surface area contributed by atoms with Crippen LogP contribution in [0.15, 0.2) is 46.8 Å². The van der Waals surface area contributed by atoms with Crippen LogP contribution in [-0.4, -0.2) is 76.3 Å². The molecule has 1 aliphatic rings. The van der Waals surface area contributed by atoms with Crippen molar-refractivity contribution in [3.8, 4) is 0 Å². The van der Waals surface area contributed by atoms with Crippen LogP contribution in [0.1, 0.15) is 22.5 Å². The molecule has 1 saturated heterocycles. The second kappa shape index (κ2) is 11.4. The fourth-order valence-electron chi connectivity index (χ4n) is 3.66. The first-order valence-electron chi connectivity index (χ1n) is 10.3. The van der Waals surface area contributed by atoms with Crippen LogP contribution in [0.4, 0.5) is 4.39 Å². The predicted molar refractivity (Wildman–Crippen MR) is 122 cm³/mol. The van der Waals surface area contributed by atoms with Gasteiger partial charge >= 0.3 is 0 Å². The topological polar surface area (TPSA) is 52.1 Å². The number of morpholine rings is 1. The summed E-state index contributed by atoms with van der Waals surface area (Å²) in [5, 5.41) is 9.03. The number of guanidine groups is 1. The fourth-order valence-corrected chi connectivity index (χ4v) is 4.58. The van der Waals surface area contributed by atoms with E-state index in [0.717, 1.165) is 44.4 Å². The number of nitrogens with one attached hydrogen (secondary N) is 2. The third-order valence-electron chi connectivity index (χ3n) is 5.39. The molecule has 0 radical (unpaired) electrons. The molecule has 1 fully saturated rings. The SMILES string of the molecule is CN=C(NCC(c1cccs1)N(C)C)NCC(c1ccc(F)cc1)N1CCOCC1. The molecule has 1 aromatic carbocycles. The number of thiophene rings is 1. The highest BCUT2D eigenvalue weighted by atomic mass is 32.1. The standard InChI is InChI=1S/C22H32FN5OS/c1-24-22(26-16-20(27(2)3)21-5-4-14-30-21)25-15-19(28-10-12-29-13-11-28)17-6-8-18(23)9-7-17/h4-9,14,19-20H,10-13,15-16H2,1-3H3,(H2,24,25,26). The molecule has 8 heteroatoms. The Balaban J connectivity index is 1.63. The smallest absolute Gasteiger partial charge is 0.191 e. The number of hydrogen-bond donors (Lipinski definition) is 2. The minimum Gasteiger partial charge on any atom is -0.379 e. The second-order valence-corrected chi connectivity index (χ2v) is 8.52. The quantitative estimate of drug-likeness (QED) is 0.495. The fraction of sp³-hybridized carbons (Fsp3) is 0.500. The summed E-state index contributed by atoms with van der Waals surface area (Å²) in [6.07, 6.45) is 0. The van der Waals surface area contributed by atoms with Crippen molar-refractivity contribution < 1.29 is 9.13 Å². The van der Waals surface area contributed by atoms with Crippen molar-refractivity contribution in [3.05, 3.63) is 58.0 Å². The Bertz CT molecular complexity index is 775. The predicted octanol–water partition coefficient (Wildman–Crippen LogP) is 2.73. The minimum atomic E-state index is -0.215. The first-order valence-corrected chi connectivity index (χ1v) is 11.2. The van der Waals surface area contributed by atoms with Gasteiger partial charge in [-0.1, -0.05) is 18.2 Å². The Morgan fingerprint density at radius 3 is 2.47 bits per heavy atom. The van der Waals surface area contributed by atoms with Crippen LogP contribution >= 0.6 is 11.3 Å². The molecule has 0 bridgehead atoms. The number of likely N-dealkylation sites (N-methyl/N-ethyl adjacent to an activating group) is 1. The molecule has 6 nitrogen and oxygen atoms in total. The van der Waals surface area contributed by atoms with Gasteiger partial charge in [-0.15, -0.1) is 11.3 Å². The van der Waals surface area contributed by atoms with Gasteiger partial charge in [-0.25, -0.2) is 4.39 Å². The van der Waals surface area contributed by atoms with Gasteiger partial charge in [-0.3, -0.25) is 9.89 Å². The second-order valence-electron chi connectivity index (χ2n) is 7.54. The molecule has 2 unspecified atom stereocenters. The highest BCUT2D eigenvalue weighted by molar-refractivity contribution is 7.10. The van der Waals surface area contributed by atoms with Gasteiger partial charge in [0.2, 0.25) is 0 Å². The van der Waals surface area contributed by atoms with Crippen LogP contribution in [-0.2, 0) is 4.74 Å². The van der Waals surface area contributed by atoms with E-state index in [0.29, 0.717) is 6.54 Å². The van der Waals surface area contributed by atoms with Gasteiger partial charge in [0.15, 0.2) is 5.96 Å². The van der Waals surface area contributed by atoms with E-state index in [1.54, 1.807) is 18.4 Å². The molecule has 0 saturated carbocycles. The van der Waals surface area contributed by atoms with E-state index in [1.807, 2.05) is 12.1 Å². The summed E-state index contributed by atoms with van der Waals surface area (Å²) in [5.74, 6) is 0.548. The first-order chi connectivity index (χ1) is 14.6. The van der Waals surface area contributed by atoms with E-state index >= 15 is 0 Å². The van der Waals surface area contributed by atoms with Crippen molar-refractivity contribution in [3.63, 3.8) is 0 Å². The molecule has 2 N–H and O–H groups in total. The molecule has 1 aliphatic heterocycles. The van der Waals surface area contributed by atoms with Gasteiger partial charge in [-0.05, 0) is 43.2 Å². The summed E-state index contributed by atoms with van der Waals surface area (Å²) in [5.41, 5.74) is 1.09. The average molecular weight is 434 g/mol. The van der Waals surface area contributed by atoms with Crippen LogP contribution in [0.2, 0.25) is 0 Å². The number of halogens is 1. The van der Waals surface area contributed by atoms with E-state index in [1.165, 1.54) is 17.0 Å². The van der Waals surface area contributed by atoms with Crippen LogP contribution in [0, 0.1) is 5.82 Å². The lowest BCUT2D eigenvalue weighted by Gasteiger charge is -2.35. The van der Waals surface area contributed by atoms with Crippen molar-refractivity contribution >= 4 is 17.3 Å². The van der Waals surface area contributed by atoms with Gasteiger partial charge in [0.1, 0.15) is 5.82 Å². The maximum absolute atomic E-state index is 13.4. The highest BCUT2D eigenvalue weighted by Crippen LogP contribution is 2.23. The number of ether oxygens (including phenoxy) is 1. The number of hydrogen-bond acceptors (Lipinski definition) is 5. The van der Waals surface area contributed by atoms with Gasteiger partial charge in [-0.2, -0.15) is 0 Å². The Labute approximate surface area is 182 Å². The van der Waals surface area contributed by atoms with Crippen molar-refractivity contribution in [1.82, 2.24) is 20.4 Å². The number of nitrogens with zero attached hydrogens (tertiary/aromatic N) is 3. The molecule has 2 atom stereocenters. The molecule has 1 aromatic heterocycles. The van der Waals surface area contributed by atoms with Gasteiger partial charge in [0, 0.05) is 38.1 Å². The maximum Gasteiger partial charge on any atom is 0.191 e. The first kappa shape index (κ1) is 22.7. The van der Waals surface area contributed by atoms with Crippen molar-refractivity contribution in [1.29, 1.82) is 0 Å². The van der Waals surface area contributed by atoms with Gasteiger partial charge in [0.25, 0.3) is 0 Å². The molecule has 2 aromatic rings. The molecule has 2 heterocycles. The van der Waals surface area contributed by atoms with Crippen LogP contribution < -0.4 is 10.6 Å². The number of aliphatic imine (C=N–C) groups is 1. The molecule has 30 heavy (non-hydrogen) atoms. The summed E-state index contributed by atoms with van der Waals surface area (Å²) in [6.45, 7) is 4.59.